The Kier molecular flexibility index (Phi) is 7.22. The van der Waals surface area contributed by atoms with Crippen LogP contribution in [-0.2, 0) is 15.6 Å². The summed E-state index contributed by atoms with van der Waals surface area (Å²) in [5.74, 6) is 0.600. The van der Waals surface area contributed by atoms with E-state index >= 15 is 0 Å². The van der Waals surface area contributed by atoms with Gasteiger partial charge in [0.25, 0.3) is 5.91 Å². The molecule has 35 heavy (non-hydrogen) atoms. The van der Waals surface area contributed by atoms with Gasteiger partial charge >= 0.3 is 0 Å². The number of hydrogen-bond donors (Lipinski definition) is 0. The van der Waals surface area contributed by atoms with Crippen LogP contribution in [-0.4, -0.2) is 67.3 Å². The number of fused-ring (bicyclic) bond motifs is 1. The molecule has 2 amide bonds. The largest absolute Gasteiger partial charge is 0.493 e. The second-order valence-corrected chi connectivity index (χ2v) is 15.7. The average Bonchev–Trinajstić information content (AvgIpc) is 3.44. The molecule has 2 aliphatic rings. The van der Waals surface area contributed by atoms with Gasteiger partial charge in [0.05, 0.1) is 12.7 Å². The summed E-state index contributed by atoms with van der Waals surface area (Å²) in [4.78, 5) is 38.2. The lowest BCUT2D eigenvalue weighted by molar-refractivity contribution is -0.128. The monoisotopic (exact) mass is 516 g/mol. The highest BCUT2D eigenvalue weighted by atomic mass is 35.5. The van der Waals surface area contributed by atoms with Gasteiger partial charge in [-0.2, -0.15) is 0 Å². The summed E-state index contributed by atoms with van der Waals surface area (Å²) in [6, 6.07) is 6.92. The predicted molar refractivity (Wildman–Crippen MR) is 138 cm³/mol. The van der Waals surface area contributed by atoms with E-state index in [1.54, 1.807) is 23.1 Å². The van der Waals surface area contributed by atoms with Crippen LogP contribution in [0.25, 0.3) is 0 Å². The molecule has 10 heteroatoms. The molecule has 1 fully saturated rings. The molecule has 1 aromatic heterocycles. The molecule has 8 nitrogen and oxygen atoms in total. The number of anilines is 1. The van der Waals surface area contributed by atoms with E-state index in [1.807, 2.05) is 6.07 Å². The summed E-state index contributed by atoms with van der Waals surface area (Å²) in [5.41, 5.74) is 1.45. The first-order chi connectivity index (χ1) is 16.4. The fourth-order valence-electron chi connectivity index (χ4n) is 4.09. The number of nitrogens with zero attached hydrogens (tertiary/aromatic N) is 4. The number of carbonyl (C=O) groups is 2. The van der Waals surface area contributed by atoms with Crippen molar-refractivity contribution >= 4 is 37.6 Å². The Labute approximate surface area is 212 Å². The van der Waals surface area contributed by atoms with Crippen molar-refractivity contribution in [1.82, 2.24) is 14.9 Å². The lowest BCUT2D eigenvalue weighted by Crippen LogP contribution is -2.46. The zero-order valence-corrected chi connectivity index (χ0v) is 22.8. The van der Waals surface area contributed by atoms with Gasteiger partial charge in [-0.15, -0.1) is 0 Å². The van der Waals surface area contributed by atoms with Crippen LogP contribution < -0.4 is 9.64 Å². The number of halogens is 1. The number of benzene rings is 1. The molecule has 2 aliphatic heterocycles. The van der Waals surface area contributed by atoms with Gasteiger partial charge in [0.2, 0.25) is 11.2 Å². The minimum absolute atomic E-state index is 0.00852. The quantitative estimate of drug-likeness (QED) is 0.419. The van der Waals surface area contributed by atoms with Crippen LogP contribution in [0, 0.1) is 0 Å². The van der Waals surface area contributed by atoms with Crippen LogP contribution >= 0.6 is 11.6 Å². The van der Waals surface area contributed by atoms with Gasteiger partial charge in [-0.3, -0.25) is 14.5 Å². The molecule has 0 saturated carbocycles. The van der Waals surface area contributed by atoms with E-state index in [0.717, 1.165) is 24.2 Å². The Morgan fingerprint density at radius 2 is 2.06 bits per heavy atom. The molecule has 1 saturated heterocycles. The number of amides is 2. The Bertz CT molecular complexity index is 1120. The van der Waals surface area contributed by atoms with Crippen LogP contribution in [0.2, 0.25) is 23.4 Å². The van der Waals surface area contributed by atoms with Crippen molar-refractivity contribution in [2.24, 2.45) is 0 Å². The molecule has 1 atom stereocenters. The molecule has 0 spiro atoms. The highest BCUT2D eigenvalue weighted by Gasteiger charge is 2.41. The standard InChI is InChI=1S/C25H33ClN4O4Si/c1-25(2,3)35(4,5)34-19-9-12-29(15-19)22(31)16-30(21-8-11-27-24(26)28-21)23(32)18-6-7-20-17(14-18)10-13-33-20/h6-8,11,14,19H,9-10,12-13,15-16H2,1-5H3/t19-/m1/s1. The molecule has 1 aromatic carbocycles. The van der Waals surface area contributed by atoms with Gasteiger partial charge in [0.15, 0.2) is 8.32 Å². The molecule has 188 valence electrons. The van der Waals surface area contributed by atoms with Gasteiger partial charge in [0, 0.05) is 31.3 Å². The number of likely N-dealkylation sites (tertiary alicyclic amines) is 1. The zero-order valence-electron chi connectivity index (χ0n) is 21.0. The van der Waals surface area contributed by atoms with E-state index in [0.29, 0.717) is 25.3 Å². The predicted octanol–water partition coefficient (Wildman–Crippen LogP) is 4.33. The molecule has 0 unspecified atom stereocenters. The highest BCUT2D eigenvalue weighted by Crippen LogP contribution is 2.38. The van der Waals surface area contributed by atoms with Crippen LogP contribution in [0.5, 0.6) is 5.75 Å². The maximum absolute atomic E-state index is 13.6. The molecule has 4 rings (SSSR count). The summed E-state index contributed by atoms with van der Waals surface area (Å²) in [7, 11) is -1.94. The molecule has 0 aliphatic carbocycles. The first-order valence-electron chi connectivity index (χ1n) is 12.0. The van der Waals surface area contributed by atoms with E-state index in [4.69, 9.17) is 20.8 Å². The van der Waals surface area contributed by atoms with Gasteiger partial charge in [-0.1, -0.05) is 20.8 Å². The third-order valence-corrected chi connectivity index (χ3v) is 11.8. The summed E-state index contributed by atoms with van der Waals surface area (Å²) in [6.45, 7) is 12.6. The van der Waals surface area contributed by atoms with Crippen molar-refractivity contribution in [2.75, 3.05) is 31.1 Å². The Hall–Kier alpha value is -2.49. The summed E-state index contributed by atoms with van der Waals surface area (Å²) in [6.07, 6.45) is 3.02. The molecule has 3 heterocycles. The number of ether oxygens (including phenoxy) is 1. The van der Waals surface area contributed by atoms with Gasteiger partial charge in [-0.05, 0) is 66.0 Å². The smallest absolute Gasteiger partial charge is 0.259 e. The van der Waals surface area contributed by atoms with Crippen molar-refractivity contribution in [2.45, 2.75) is 57.8 Å². The van der Waals surface area contributed by atoms with E-state index in [-0.39, 0.29) is 40.6 Å². The fraction of sp³-hybridized carbons (Fsp3) is 0.520. The Morgan fingerprint density at radius 1 is 1.29 bits per heavy atom. The van der Waals surface area contributed by atoms with Crippen LogP contribution in [0.1, 0.15) is 43.1 Å². The molecule has 0 bridgehead atoms. The van der Waals surface area contributed by atoms with E-state index < -0.39 is 8.32 Å². The van der Waals surface area contributed by atoms with Gasteiger partial charge in [0.1, 0.15) is 18.1 Å². The zero-order chi connectivity index (χ0) is 25.4. The van der Waals surface area contributed by atoms with Crippen LogP contribution in [0.15, 0.2) is 30.5 Å². The highest BCUT2D eigenvalue weighted by molar-refractivity contribution is 6.74. The number of rotatable bonds is 6. The van der Waals surface area contributed by atoms with Gasteiger partial charge < -0.3 is 14.1 Å². The summed E-state index contributed by atoms with van der Waals surface area (Å²) in [5, 5.41) is 0.111. The fourth-order valence-corrected chi connectivity index (χ4v) is 5.61. The maximum atomic E-state index is 13.6. The Morgan fingerprint density at radius 3 is 2.77 bits per heavy atom. The van der Waals surface area contributed by atoms with E-state index in [1.165, 1.54) is 11.1 Å². The van der Waals surface area contributed by atoms with Crippen molar-refractivity contribution < 1.29 is 18.8 Å². The normalized spacial score (nSPS) is 17.8. The second kappa shape index (κ2) is 9.87. The lowest BCUT2D eigenvalue weighted by Gasteiger charge is -2.38. The topological polar surface area (TPSA) is 84.9 Å². The van der Waals surface area contributed by atoms with Crippen molar-refractivity contribution in [3.05, 3.63) is 46.9 Å². The van der Waals surface area contributed by atoms with Crippen molar-refractivity contribution in [3.8, 4) is 5.75 Å². The molecule has 0 N–H and O–H groups in total. The first kappa shape index (κ1) is 25.6. The van der Waals surface area contributed by atoms with Crippen molar-refractivity contribution in [3.63, 3.8) is 0 Å². The lowest BCUT2D eigenvalue weighted by atomic mass is 10.1. The summed E-state index contributed by atoms with van der Waals surface area (Å²) >= 11 is 6.01. The maximum Gasteiger partial charge on any atom is 0.259 e. The SMILES string of the molecule is CC(C)(C)[Si](C)(C)O[C@@H]1CCN(C(=O)CN(C(=O)c2ccc3c(c2)CCO3)c2ccnc(Cl)n2)C1. The first-order valence-corrected chi connectivity index (χ1v) is 15.2. The van der Waals surface area contributed by atoms with E-state index in [9.17, 15) is 9.59 Å². The van der Waals surface area contributed by atoms with Crippen LogP contribution in [0.4, 0.5) is 5.82 Å². The molecule has 0 radical (unpaired) electrons. The van der Waals surface area contributed by atoms with Crippen LogP contribution in [0.3, 0.4) is 0 Å². The van der Waals surface area contributed by atoms with Gasteiger partial charge in [-0.25, -0.2) is 9.97 Å². The third kappa shape index (κ3) is 5.68. The van der Waals surface area contributed by atoms with Crippen molar-refractivity contribution in [1.29, 1.82) is 0 Å². The number of hydrogen-bond acceptors (Lipinski definition) is 6. The molecule has 2 aromatic rings. The molecular weight excluding hydrogens is 484 g/mol. The minimum atomic E-state index is -1.94. The number of aromatic nitrogens is 2. The second-order valence-electron chi connectivity index (χ2n) is 10.6. The average molecular weight is 517 g/mol. The molecular formula is C25H33ClN4O4Si. The third-order valence-electron chi connectivity index (χ3n) is 7.13. The number of carbonyl (C=O) groups excluding carboxylic acids is 2. The summed E-state index contributed by atoms with van der Waals surface area (Å²) < 4.78 is 12.1. The minimum Gasteiger partial charge on any atom is -0.493 e. The van der Waals surface area contributed by atoms with E-state index in [2.05, 4.69) is 43.8 Å². The Balaban J connectivity index is 1.51.